The molecule has 1 aromatic heterocycles. The van der Waals surface area contributed by atoms with Crippen molar-refractivity contribution in [2.45, 2.75) is 13.5 Å². The van der Waals surface area contributed by atoms with Gasteiger partial charge < -0.3 is 14.9 Å². The molecule has 0 saturated heterocycles. The summed E-state index contributed by atoms with van der Waals surface area (Å²) in [6.45, 7) is 2.69. The molecule has 1 heterocycles. The van der Waals surface area contributed by atoms with Crippen LogP contribution in [0.1, 0.15) is 16.7 Å². The highest BCUT2D eigenvalue weighted by atomic mass is 16.3. The van der Waals surface area contributed by atoms with Crippen molar-refractivity contribution in [3.63, 3.8) is 0 Å². The van der Waals surface area contributed by atoms with E-state index < -0.39 is 0 Å². The first-order valence-corrected chi connectivity index (χ1v) is 8.12. The van der Waals surface area contributed by atoms with E-state index in [0.29, 0.717) is 12.5 Å². The van der Waals surface area contributed by atoms with Crippen LogP contribution in [0.2, 0.25) is 0 Å². The van der Waals surface area contributed by atoms with Crippen LogP contribution in [-0.4, -0.2) is 53.1 Å². The average molecular weight is 340 g/mol. The molecule has 6 nitrogen and oxygen atoms in total. The summed E-state index contributed by atoms with van der Waals surface area (Å²) in [7, 11) is 3.73. The van der Waals surface area contributed by atoms with Crippen LogP contribution in [-0.2, 0) is 11.3 Å². The maximum Gasteiger partial charge on any atom is 0.246 e. The molecular weight excluding hydrogens is 316 g/mol. The zero-order chi connectivity index (χ0) is 18.2. The highest BCUT2D eigenvalue weighted by Crippen LogP contribution is 2.09. The normalized spacial score (nSPS) is 10.9. The van der Waals surface area contributed by atoms with Crippen molar-refractivity contribution in [1.29, 1.82) is 0 Å². The van der Waals surface area contributed by atoms with Gasteiger partial charge in [0, 0.05) is 51.2 Å². The number of aliphatic hydroxyl groups is 1. The molecule has 0 aliphatic heterocycles. The molecule has 0 radical (unpaired) electrons. The van der Waals surface area contributed by atoms with Gasteiger partial charge in [-0.25, -0.2) is 9.97 Å². The molecule has 0 fully saturated rings. The molecular formula is C19H24N4O2. The van der Waals surface area contributed by atoms with E-state index in [1.165, 1.54) is 11.6 Å². The van der Waals surface area contributed by atoms with E-state index in [1.54, 1.807) is 23.4 Å². The number of hydrogen-bond donors (Lipinski definition) is 1. The Labute approximate surface area is 148 Å². The fraction of sp³-hybridized carbons (Fsp3) is 0.316. The average Bonchev–Trinajstić information content (AvgIpc) is 2.61. The maximum absolute atomic E-state index is 12.4. The summed E-state index contributed by atoms with van der Waals surface area (Å²) in [4.78, 5) is 24.3. The predicted molar refractivity (Wildman–Crippen MR) is 99.1 cm³/mol. The lowest BCUT2D eigenvalue weighted by Gasteiger charge is -2.20. The Morgan fingerprint density at radius 3 is 2.36 bits per heavy atom. The second-order valence-electron chi connectivity index (χ2n) is 6.01. The van der Waals surface area contributed by atoms with E-state index >= 15 is 0 Å². The number of amides is 1. The third-order valence-corrected chi connectivity index (χ3v) is 3.65. The number of rotatable bonds is 7. The number of aliphatic hydroxyl groups excluding tert-OH is 1. The maximum atomic E-state index is 12.4. The molecule has 2 rings (SSSR count). The Kier molecular flexibility index (Phi) is 6.65. The van der Waals surface area contributed by atoms with Gasteiger partial charge in [-0.05, 0) is 18.6 Å². The van der Waals surface area contributed by atoms with Crippen molar-refractivity contribution in [2.24, 2.45) is 0 Å². The highest BCUT2D eigenvalue weighted by Gasteiger charge is 2.10. The van der Waals surface area contributed by atoms with Crippen molar-refractivity contribution < 1.29 is 9.90 Å². The fourth-order valence-electron chi connectivity index (χ4n) is 2.22. The second-order valence-corrected chi connectivity index (χ2v) is 6.01. The first kappa shape index (κ1) is 18.6. The zero-order valence-corrected chi connectivity index (χ0v) is 14.9. The van der Waals surface area contributed by atoms with Gasteiger partial charge in [0.2, 0.25) is 11.9 Å². The minimum absolute atomic E-state index is 0.0773. The monoisotopic (exact) mass is 340 g/mol. The largest absolute Gasteiger partial charge is 0.395 e. The van der Waals surface area contributed by atoms with Crippen molar-refractivity contribution in [3.05, 3.63) is 59.4 Å². The quantitative estimate of drug-likeness (QED) is 0.780. The van der Waals surface area contributed by atoms with Crippen LogP contribution in [0.5, 0.6) is 0 Å². The summed E-state index contributed by atoms with van der Waals surface area (Å²) in [6.07, 6.45) is 6.50. The van der Waals surface area contributed by atoms with Gasteiger partial charge in [-0.3, -0.25) is 4.79 Å². The molecule has 0 atom stereocenters. The molecule has 0 bridgehead atoms. The Bertz CT molecular complexity index is 709. The van der Waals surface area contributed by atoms with Crippen LogP contribution in [0.15, 0.2) is 42.7 Å². The number of aromatic nitrogens is 2. The molecule has 25 heavy (non-hydrogen) atoms. The van der Waals surface area contributed by atoms with Gasteiger partial charge in [0.25, 0.3) is 0 Å². The molecule has 0 unspecified atom stereocenters. The lowest BCUT2D eigenvalue weighted by Crippen LogP contribution is -2.31. The van der Waals surface area contributed by atoms with E-state index in [4.69, 9.17) is 0 Å². The Balaban J connectivity index is 2.04. The number of carbonyl (C=O) groups is 1. The van der Waals surface area contributed by atoms with Crippen molar-refractivity contribution in [1.82, 2.24) is 14.9 Å². The smallest absolute Gasteiger partial charge is 0.246 e. The Morgan fingerprint density at radius 2 is 1.80 bits per heavy atom. The molecule has 0 saturated carbocycles. The Morgan fingerprint density at radius 1 is 1.16 bits per heavy atom. The van der Waals surface area contributed by atoms with Crippen LogP contribution >= 0.6 is 0 Å². The number of anilines is 1. The summed E-state index contributed by atoms with van der Waals surface area (Å²) in [5.74, 6) is 0.455. The first-order chi connectivity index (χ1) is 12.0. The molecule has 6 heteroatoms. The van der Waals surface area contributed by atoms with Crippen LogP contribution in [0.4, 0.5) is 5.95 Å². The second kappa shape index (κ2) is 8.94. The third kappa shape index (κ3) is 5.69. The SMILES string of the molecule is Cc1ccc(CN(CCO)C(=O)/C=C/c2cnc(N(C)C)nc2)cc1. The van der Waals surface area contributed by atoms with E-state index in [0.717, 1.165) is 11.1 Å². The number of benzene rings is 1. The number of carbonyl (C=O) groups excluding carboxylic acids is 1. The minimum Gasteiger partial charge on any atom is -0.395 e. The summed E-state index contributed by atoms with van der Waals surface area (Å²) in [6, 6.07) is 8.00. The lowest BCUT2D eigenvalue weighted by molar-refractivity contribution is -0.127. The van der Waals surface area contributed by atoms with Crippen LogP contribution in [0.3, 0.4) is 0 Å². The van der Waals surface area contributed by atoms with E-state index in [9.17, 15) is 9.90 Å². The molecule has 0 aliphatic rings. The van der Waals surface area contributed by atoms with Gasteiger partial charge in [0.05, 0.1) is 6.61 Å². The highest BCUT2D eigenvalue weighted by molar-refractivity contribution is 5.91. The van der Waals surface area contributed by atoms with E-state index in [2.05, 4.69) is 9.97 Å². The van der Waals surface area contributed by atoms with E-state index in [-0.39, 0.29) is 19.1 Å². The summed E-state index contributed by atoms with van der Waals surface area (Å²) < 4.78 is 0. The molecule has 1 aromatic carbocycles. The van der Waals surface area contributed by atoms with Gasteiger partial charge in [-0.1, -0.05) is 29.8 Å². The third-order valence-electron chi connectivity index (χ3n) is 3.65. The van der Waals surface area contributed by atoms with Crippen LogP contribution in [0.25, 0.3) is 6.08 Å². The summed E-state index contributed by atoms with van der Waals surface area (Å²) >= 11 is 0. The van der Waals surface area contributed by atoms with Gasteiger partial charge >= 0.3 is 0 Å². The van der Waals surface area contributed by atoms with Crippen molar-refractivity contribution in [2.75, 3.05) is 32.1 Å². The van der Waals surface area contributed by atoms with Crippen LogP contribution in [0, 0.1) is 6.92 Å². The summed E-state index contributed by atoms with van der Waals surface area (Å²) in [5, 5.41) is 9.23. The number of hydrogen-bond acceptors (Lipinski definition) is 5. The zero-order valence-electron chi connectivity index (χ0n) is 14.9. The summed E-state index contributed by atoms with van der Waals surface area (Å²) in [5.41, 5.74) is 2.95. The van der Waals surface area contributed by atoms with Gasteiger partial charge in [0.1, 0.15) is 0 Å². The van der Waals surface area contributed by atoms with E-state index in [1.807, 2.05) is 50.2 Å². The fourth-order valence-corrected chi connectivity index (χ4v) is 2.22. The standard InChI is InChI=1S/C19H24N4O2/c1-15-4-6-16(7-5-15)14-23(10-11-24)18(25)9-8-17-12-20-19(21-13-17)22(2)3/h4-9,12-13,24H,10-11,14H2,1-3H3/b9-8+. The van der Waals surface area contributed by atoms with Gasteiger partial charge in [-0.2, -0.15) is 0 Å². The predicted octanol–water partition coefficient (Wildman–Crippen LogP) is 1.89. The number of aryl methyl sites for hydroxylation is 1. The minimum atomic E-state index is -0.161. The Hall–Kier alpha value is -2.73. The van der Waals surface area contributed by atoms with Gasteiger partial charge in [0.15, 0.2) is 0 Å². The molecule has 1 N–H and O–H groups in total. The van der Waals surface area contributed by atoms with Crippen molar-refractivity contribution in [3.8, 4) is 0 Å². The molecule has 2 aromatic rings. The topological polar surface area (TPSA) is 69.6 Å². The molecule has 0 aliphatic carbocycles. The molecule has 1 amide bonds. The van der Waals surface area contributed by atoms with Crippen LogP contribution < -0.4 is 4.90 Å². The number of nitrogens with zero attached hydrogens (tertiary/aromatic N) is 4. The van der Waals surface area contributed by atoms with Gasteiger partial charge in [-0.15, -0.1) is 0 Å². The molecule has 0 spiro atoms. The lowest BCUT2D eigenvalue weighted by atomic mass is 10.1. The molecule has 132 valence electrons. The first-order valence-electron chi connectivity index (χ1n) is 8.12. The van der Waals surface area contributed by atoms with Crippen molar-refractivity contribution >= 4 is 17.9 Å².